The Balaban J connectivity index is 1.62. The standard InChI is InChI=1S/C41H22F3N5/c1-24-7-6-10-33(41(42,43)44)40(24)32-20-39(49-35-12-5-3-9-29(35)31-16-14-26(22-46)18-37(31)49)38(19-27(32)23-47)48-34-11-4-2-8-28(34)30-15-13-25(21-45)17-36(30)48/h2-20H,1H3. The van der Waals surface area contributed by atoms with Gasteiger partial charge in [-0.3, -0.25) is 0 Å². The Kier molecular flexibility index (Phi) is 6.56. The summed E-state index contributed by atoms with van der Waals surface area (Å²) >= 11 is 0. The Hall–Kier alpha value is -6.82. The average Bonchev–Trinajstić information content (AvgIpc) is 3.62. The number of hydrogen-bond acceptors (Lipinski definition) is 3. The molecular weight excluding hydrogens is 619 g/mol. The van der Waals surface area contributed by atoms with Crippen LogP contribution in [0.4, 0.5) is 13.2 Å². The Morgan fingerprint density at radius 3 is 1.55 bits per heavy atom. The number of aromatic nitrogens is 2. The summed E-state index contributed by atoms with van der Waals surface area (Å²) in [6.07, 6.45) is -4.68. The highest BCUT2D eigenvalue weighted by Crippen LogP contribution is 2.44. The number of alkyl halides is 3. The van der Waals surface area contributed by atoms with Crippen molar-refractivity contribution < 1.29 is 13.2 Å². The first-order valence-corrected chi connectivity index (χ1v) is 15.4. The Morgan fingerprint density at radius 2 is 1.04 bits per heavy atom. The number of halogens is 3. The number of nitriles is 3. The monoisotopic (exact) mass is 641 g/mol. The van der Waals surface area contributed by atoms with Crippen molar-refractivity contribution in [1.29, 1.82) is 15.8 Å². The zero-order valence-corrected chi connectivity index (χ0v) is 25.8. The topological polar surface area (TPSA) is 81.2 Å². The van der Waals surface area contributed by atoms with Crippen LogP contribution in [-0.4, -0.2) is 9.13 Å². The quantitative estimate of drug-likeness (QED) is 0.192. The highest BCUT2D eigenvalue weighted by molar-refractivity contribution is 6.12. The van der Waals surface area contributed by atoms with Crippen LogP contribution in [0.3, 0.4) is 0 Å². The van der Waals surface area contributed by atoms with Crippen molar-refractivity contribution in [3.63, 3.8) is 0 Å². The van der Waals surface area contributed by atoms with Gasteiger partial charge in [-0.15, -0.1) is 0 Å². The summed E-state index contributed by atoms with van der Waals surface area (Å²) in [5.74, 6) is 0. The van der Waals surface area contributed by atoms with Crippen molar-refractivity contribution in [3.8, 4) is 40.7 Å². The van der Waals surface area contributed by atoms with Gasteiger partial charge >= 0.3 is 6.18 Å². The molecule has 0 atom stereocenters. The van der Waals surface area contributed by atoms with E-state index < -0.39 is 11.7 Å². The molecule has 0 saturated heterocycles. The minimum Gasteiger partial charge on any atom is -0.307 e. The maximum absolute atomic E-state index is 14.6. The summed E-state index contributed by atoms with van der Waals surface area (Å²) in [5, 5.41) is 33.9. The second kappa shape index (κ2) is 10.9. The predicted molar refractivity (Wildman–Crippen MR) is 184 cm³/mol. The molecule has 8 heteroatoms. The summed E-state index contributed by atoms with van der Waals surface area (Å²) < 4.78 is 47.7. The van der Waals surface area contributed by atoms with Gasteiger partial charge in [0.05, 0.1) is 73.9 Å². The summed E-state index contributed by atoms with van der Waals surface area (Å²) in [6, 6.07) is 40.1. The molecule has 6 aromatic carbocycles. The molecule has 0 aliphatic carbocycles. The van der Waals surface area contributed by atoms with E-state index in [1.54, 1.807) is 49.4 Å². The van der Waals surface area contributed by atoms with Crippen molar-refractivity contribution in [2.45, 2.75) is 13.1 Å². The van der Waals surface area contributed by atoms with E-state index in [0.717, 1.165) is 38.6 Å². The molecule has 0 radical (unpaired) electrons. The molecule has 5 nitrogen and oxygen atoms in total. The van der Waals surface area contributed by atoms with E-state index in [0.29, 0.717) is 39.1 Å². The lowest BCUT2D eigenvalue weighted by Gasteiger charge is -2.22. The van der Waals surface area contributed by atoms with E-state index in [4.69, 9.17) is 0 Å². The van der Waals surface area contributed by atoms with Crippen molar-refractivity contribution in [3.05, 3.63) is 143 Å². The van der Waals surface area contributed by atoms with E-state index >= 15 is 0 Å². The number of aryl methyl sites for hydroxylation is 1. The first-order chi connectivity index (χ1) is 23.7. The molecule has 0 aliphatic heterocycles. The molecule has 2 aromatic heterocycles. The smallest absolute Gasteiger partial charge is 0.307 e. The molecule has 49 heavy (non-hydrogen) atoms. The van der Waals surface area contributed by atoms with Gasteiger partial charge in [-0.05, 0) is 72.6 Å². The van der Waals surface area contributed by atoms with E-state index in [1.165, 1.54) is 6.07 Å². The summed E-state index contributed by atoms with van der Waals surface area (Å²) in [5.41, 5.74) is 4.44. The molecule has 8 rings (SSSR count). The summed E-state index contributed by atoms with van der Waals surface area (Å²) in [7, 11) is 0. The molecule has 0 amide bonds. The fraction of sp³-hybridized carbons (Fsp3) is 0.0488. The number of para-hydroxylation sites is 2. The van der Waals surface area contributed by atoms with E-state index in [1.807, 2.05) is 69.8 Å². The van der Waals surface area contributed by atoms with Crippen molar-refractivity contribution >= 4 is 43.6 Å². The van der Waals surface area contributed by atoms with Gasteiger partial charge in [0.15, 0.2) is 0 Å². The highest BCUT2D eigenvalue weighted by Gasteiger charge is 2.35. The maximum atomic E-state index is 14.6. The van der Waals surface area contributed by atoms with Gasteiger partial charge in [0.2, 0.25) is 0 Å². The van der Waals surface area contributed by atoms with Crippen LogP contribution in [-0.2, 0) is 6.18 Å². The zero-order valence-electron chi connectivity index (χ0n) is 25.8. The number of fused-ring (bicyclic) bond motifs is 6. The Morgan fingerprint density at radius 1 is 0.531 bits per heavy atom. The molecule has 0 bridgehead atoms. The number of hydrogen-bond donors (Lipinski definition) is 0. The van der Waals surface area contributed by atoms with Crippen molar-refractivity contribution in [2.75, 3.05) is 0 Å². The number of nitrogens with zero attached hydrogens (tertiary/aromatic N) is 5. The van der Waals surface area contributed by atoms with Crippen LogP contribution in [0.25, 0.3) is 66.1 Å². The van der Waals surface area contributed by atoms with E-state index in [2.05, 4.69) is 18.2 Å². The fourth-order valence-electron chi connectivity index (χ4n) is 7.10. The molecule has 0 unspecified atom stereocenters. The SMILES string of the molecule is Cc1cccc(C(F)(F)F)c1-c1cc(-n2c3ccccc3c3ccc(C#N)cc32)c(-n2c3ccccc3c3ccc(C#N)cc32)cc1C#N. The first kappa shape index (κ1) is 29.6. The largest absolute Gasteiger partial charge is 0.417 e. The molecular formula is C41H22F3N5. The highest BCUT2D eigenvalue weighted by atomic mass is 19.4. The third-order valence-corrected chi connectivity index (χ3v) is 9.17. The molecule has 0 aliphatic rings. The first-order valence-electron chi connectivity index (χ1n) is 15.4. The summed E-state index contributed by atoms with van der Waals surface area (Å²) in [4.78, 5) is 0. The third-order valence-electron chi connectivity index (χ3n) is 9.17. The predicted octanol–water partition coefficient (Wildman–Crippen LogP) is 10.5. The minimum atomic E-state index is -4.68. The fourth-order valence-corrected chi connectivity index (χ4v) is 7.10. The second-order valence-electron chi connectivity index (χ2n) is 11.9. The van der Waals surface area contributed by atoms with Crippen LogP contribution in [0, 0.1) is 40.9 Å². The van der Waals surface area contributed by atoms with Crippen LogP contribution >= 0.6 is 0 Å². The molecule has 232 valence electrons. The Bertz CT molecular complexity index is 2820. The Labute approximate surface area is 278 Å². The lowest BCUT2D eigenvalue weighted by atomic mass is 9.90. The van der Waals surface area contributed by atoms with Gasteiger partial charge in [-0.1, -0.05) is 60.7 Å². The maximum Gasteiger partial charge on any atom is 0.417 e. The van der Waals surface area contributed by atoms with Crippen LogP contribution in [0.2, 0.25) is 0 Å². The summed E-state index contributed by atoms with van der Waals surface area (Å²) in [6.45, 7) is 1.61. The molecule has 0 spiro atoms. The second-order valence-corrected chi connectivity index (χ2v) is 11.9. The molecule has 0 N–H and O–H groups in total. The van der Waals surface area contributed by atoms with Gasteiger partial charge in [0, 0.05) is 27.1 Å². The van der Waals surface area contributed by atoms with E-state index in [9.17, 15) is 29.0 Å². The normalized spacial score (nSPS) is 11.6. The van der Waals surface area contributed by atoms with Crippen LogP contribution in [0.15, 0.2) is 115 Å². The zero-order chi connectivity index (χ0) is 34.0. The number of benzene rings is 6. The van der Waals surface area contributed by atoms with Gasteiger partial charge in [-0.25, -0.2) is 0 Å². The minimum absolute atomic E-state index is 0.0550. The molecule has 0 saturated carbocycles. The van der Waals surface area contributed by atoms with Gasteiger partial charge in [0.25, 0.3) is 0 Å². The number of rotatable bonds is 3. The van der Waals surface area contributed by atoms with E-state index in [-0.39, 0.29) is 16.7 Å². The third kappa shape index (κ3) is 4.45. The molecule has 0 fully saturated rings. The average molecular weight is 642 g/mol. The van der Waals surface area contributed by atoms with Gasteiger partial charge < -0.3 is 9.13 Å². The molecule has 2 heterocycles. The van der Waals surface area contributed by atoms with Crippen LogP contribution in [0.1, 0.15) is 27.8 Å². The molecule has 8 aromatic rings. The van der Waals surface area contributed by atoms with Gasteiger partial charge in [0.1, 0.15) is 0 Å². The van der Waals surface area contributed by atoms with Crippen molar-refractivity contribution in [2.24, 2.45) is 0 Å². The van der Waals surface area contributed by atoms with Gasteiger partial charge in [-0.2, -0.15) is 29.0 Å². The van der Waals surface area contributed by atoms with Crippen LogP contribution in [0.5, 0.6) is 0 Å². The lowest BCUT2D eigenvalue weighted by Crippen LogP contribution is -2.10. The lowest BCUT2D eigenvalue weighted by molar-refractivity contribution is -0.137. The van der Waals surface area contributed by atoms with Crippen LogP contribution < -0.4 is 0 Å². The van der Waals surface area contributed by atoms with Crippen molar-refractivity contribution in [1.82, 2.24) is 9.13 Å².